The van der Waals surface area contributed by atoms with Gasteiger partial charge in [-0.2, -0.15) is 0 Å². The molecule has 1 unspecified atom stereocenters. The van der Waals surface area contributed by atoms with Crippen LogP contribution in [0.25, 0.3) is 0 Å². The molecule has 0 bridgehead atoms. The van der Waals surface area contributed by atoms with Crippen molar-refractivity contribution < 1.29 is 4.74 Å². The number of hydrogen-bond acceptors (Lipinski definition) is 3. The number of unbranched alkanes of at least 4 members (excludes halogenated alkanes) is 1. The molecular formula is C11H24N2O. The van der Waals surface area contributed by atoms with Crippen LogP contribution in [-0.4, -0.2) is 50.8 Å². The Balaban J connectivity index is 1.92. The van der Waals surface area contributed by atoms with Gasteiger partial charge in [0, 0.05) is 19.1 Å². The Morgan fingerprint density at radius 1 is 1.29 bits per heavy atom. The fraction of sp³-hybridized carbons (Fsp3) is 1.00. The molecule has 1 N–H and O–H groups in total. The van der Waals surface area contributed by atoms with Crippen molar-refractivity contribution in [2.24, 2.45) is 0 Å². The lowest BCUT2D eigenvalue weighted by Crippen LogP contribution is -2.36. The van der Waals surface area contributed by atoms with E-state index in [1.807, 2.05) is 7.05 Å². The summed E-state index contributed by atoms with van der Waals surface area (Å²) in [4.78, 5) is 2.51. The fourth-order valence-electron chi connectivity index (χ4n) is 1.76. The molecule has 14 heavy (non-hydrogen) atoms. The van der Waals surface area contributed by atoms with Gasteiger partial charge in [0.2, 0.25) is 0 Å². The molecule has 0 saturated carbocycles. The van der Waals surface area contributed by atoms with Crippen molar-refractivity contribution in [3.05, 3.63) is 0 Å². The van der Waals surface area contributed by atoms with E-state index >= 15 is 0 Å². The van der Waals surface area contributed by atoms with Crippen LogP contribution >= 0.6 is 0 Å². The smallest absolute Gasteiger partial charge is 0.0594 e. The number of ether oxygens (including phenoxy) is 1. The predicted molar refractivity (Wildman–Crippen MR) is 59.6 cm³/mol. The van der Waals surface area contributed by atoms with Gasteiger partial charge in [-0.05, 0) is 33.4 Å². The molecule has 0 aromatic rings. The third kappa shape index (κ3) is 4.94. The third-order valence-electron chi connectivity index (χ3n) is 2.96. The zero-order valence-corrected chi connectivity index (χ0v) is 9.59. The molecule has 1 fully saturated rings. The summed E-state index contributed by atoms with van der Waals surface area (Å²) in [6.07, 6.45) is 3.95. The highest BCUT2D eigenvalue weighted by atomic mass is 16.5. The molecular weight excluding hydrogens is 176 g/mol. The van der Waals surface area contributed by atoms with E-state index in [-0.39, 0.29) is 0 Å². The molecule has 1 heterocycles. The van der Waals surface area contributed by atoms with Crippen molar-refractivity contribution in [1.29, 1.82) is 0 Å². The van der Waals surface area contributed by atoms with E-state index in [1.54, 1.807) is 0 Å². The van der Waals surface area contributed by atoms with Crippen molar-refractivity contribution in [1.82, 2.24) is 10.2 Å². The van der Waals surface area contributed by atoms with Crippen LogP contribution in [0.3, 0.4) is 0 Å². The Kier molecular flexibility index (Phi) is 6.15. The molecule has 84 valence electrons. The van der Waals surface area contributed by atoms with Crippen molar-refractivity contribution in [2.75, 3.05) is 39.9 Å². The van der Waals surface area contributed by atoms with Gasteiger partial charge in [-0.1, -0.05) is 6.42 Å². The first-order valence-corrected chi connectivity index (χ1v) is 5.80. The zero-order valence-electron chi connectivity index (χ0n) is 9.59. The predicted octanol–water partition coefficient (Wildman–Crippen LogP) is 1.10. The normalized spacial score (nSPS) is 21.0. The molecule has 1 aliphatic heterocycles. The summed E-state index contributed by atoms with van der Waals surface area (Å²) in [6.45, 7) is 7.59. The van der Waals surface area contributed by atoms with Crippen LogP contribution in [-0.2, 0) is 4.74 Å². The van der Waals surface area contributed by atoms with Gasteiger partial charge in [0.25, 0.3) is 0 Å². The van der Waals surface area contributed by atoms with Crippen molar-refractivity contribution >= 4 is 0 Å². The Labute approximate surface area is 87.8 Å². The van der Waals surface area contributed by atoms with Crippen molar-refractivity contribution in [3.63, 3.8) is 0 Å². The molecule has 0 aliphatic carbocycles. The van der Waals surface area contributed by atoms with E-state index in [0.29, 0.717) is 6.04 Å². The molecule has 1 saturated heterocycles. The quantitative estimate of drug-likeness (QED) is 0.650. The molecule has 0 amide bonds. The molecule has 3 nitrogen and oxygen atoms in total. The lowest BCUT2D eigenvalue weighted by molar-refractivity contribution is 0.0371. The first-order chi connectivity index (χ1) is 6.83. The molecule has 3 heteroatoms. The van der Waals surface area contributed by atoms with Crippen LogP contribution in [0.1, 0.15) is 26.2 Å². The Bertz CT molecular complexity index is 135. The average molecular weight is 200 g/mol. The Morgan fingerprint density at radius 2 is 2.00 bits per heavy atom. The zero-order chi connectivity index (χ0) is 10.2. The molecule has 0 aromatic heterocycles. The number of morpholine rings is 1. The van der Waals surface area contributed by atoms with E-state index in [4.69, 9.17) is 4.74 Å². The van der Waals surface area contributed by atoms with Gasteiger partial charge in [-0.15, -0.1) is 0 Å². The lowest BCUT2D eigenvalue weighted by atomic mass is 10.1. The molecule has 1 rings (SSSR count). The second-order valence-corrected chi connectivity index (χ2v) is 4.14. The van der Waals surface area contributed by atoms with Gasteiger partial charge < -0.3 is 10.1 Å². The molecule has 1 aliphatic rings. The first kappa shape index (κ1) is 12.0. The van der Waals surface area contributed by atoms with E-state index < -0.39 is 0 Å². The largest absolute Gasteiger partial charge is 0.379 e. The van der Waals surface area contributed by atoms with Crippen LogP contribution in [0.4, 0.5) is 0 Å². The monoisotopic (exact) mass is 200 g/mol. The second-order valence-electron chi connectivity index (χ2n) is 4.14. The van der Waals surface area contributed by atoms with Crippen molar-refractivity contribution in [3.8, 4) is 0 Å². The van der Waals surface area contributed by atoms with E-state index in [1.165, 1.54) is 25.8 Å². The van der Waals surface area contributed by atoms with Crippen LogP contribution in [0.15, 0.2) is 0 Å². The summed E-state index contributed by atoms with van der Waals surface area (Å²) in [6, 6.07) is 0.666. The first-order valence-electron chi connectivity index (χ1n) is 5.80. The average Bonchev–Trinajstić information content (AvgIpc) is 2.25. The second kappa shape index (κ2) is 7.21. The summed E-state index contributed by atoms with van der Waals surface area (Å²) in [5, 5.41) is 3.27. The van der Waals surface area contributed by atoms with E-state index in [2.05, 4.69) is 17.1 Å². The van der Waals surface area contributed by atoms with Crippen LogP contribution < -0.4 is 5.32 Å². The van der Waals surface area contributed by atoms with E-state index in [0.717, 1.165) is 26.3 Å². The molecule has 0 aromatic carbocycles. The fourth-order valence-corrected chi connectivity index (χ4v) is 1.76. The van der Waals surface area contributed by atoms with E-state index in [9.17, 15) is 0 Å². The third-order valence-corrected chi connectivity index (χ3v) is 2.96. The topological polar surface area (TPSA) is 24.5 Å². The van der Waals surface area contributed by atoms with Crippen LogP contribution in [0.5, 0.6) is 0 Å². The minimum Gasteiger partial charge on any atom is -0.379 e. The standard InChI is InChI=1S/C11H24N2O/c1-11(12-2)5-3-4-6-13-7-9-14-10-8-13/h11-12H,3-10H2,1-2H3. The van der Waals surface area contributed by atoms with Gasteiger partial charge in [-0.25, -0.2) is 0 Å². The lowest BCUT2D eigenvalue weighted by Gasteiger charge is -2.26. The SMILES string of the molecule is CNC(C)CCCCN1CCOCC1. The van der Waals surface area contributed by atoms with Gasteiger partial charge in [0.15, 0.2) is 0 Å². The summed E-state index contributed by atoms with van der Waals surface area (Å²) < 4.78 is 5.31. The molecule has 0 spiro atoms. The highest BCUT2D eigenvalue weighted by Gasteiger charge is 2.09. The Hall–Kier alpha value is -0.120. The van der Waals surface area contributed by atoms with Gasteiger partial charge in [-0.3, -0.25) is 4.90 Å². The summed E-state index contributed by atoms with van der Waals surface area (Å²) in [5.74, 6) is 0. The highest BCUT2D eigenvalue weighted by molar-refractivity contribution is 4.63. The number of nitrogens with zero attached hydrogens (tertiary/aromatic N) is 1. The van der Waals surface area contributed by atoms with Crippen molar-refractivity contribution in [2.45, 2.75) is 32.2 Å². The Morgan fingerprint density at radius 3 is 2.64 bits per heavy atom. The van der Waals surface area contributed by atoms with Gasteiger partial charge >= 0.3 is 0 Å². The minimum atomic E-state index is 0.666. The number of rotatable bonds is 6. The maximum absolute atomic E-state index is 5.31. The number of nitrogens with one attached hydrogen (secondary N) is 1. The van der Waals surface area contributed by atoms with Crippen LogP contribution in [0.2, 0.25) is 0 Å². The number of hydrogen-bond donors (Lipinski definition) is 1. The van der Waals surface area contributed by atoms with Crippen LogP contribution in [0, 0.1) is 0 Å². The highest BCUT2D eigenvalue weighted by Crippen LogP contribution is 2.03. The maximum Gasteiger partial charge on any atom is 0.0594 e. The summed E-state index contributed by atoms with van der Waals surface area (Å²) >= 11 is 0. The maximum atomic E-state index is 5.31. The summed E-state index contributed by atoms with van der Waals surface area (Å²) in [5.41, 5.74) is 0. The molecule has 0 radical (unpaired) electrons. The van der Waals surface area contributed by atoms with Gasteiger partial charge in [0.05, 0.1) is 13.2 Å². The minimum absolute atomic E-state index is 0.666. The summed E-state index contributed by atoms with van der Waals surface area (Å²) in [7, 11) is 2.03. The van der Waals surface area contributed by atoms with Gasteiger partial charge in [0.1, 0.15) is 0 Å². The molecule has 1 atom stereocenters.